The maximum absolute atomic E-state index is 11.2. The molecule has 2 rings (SSSR count). The molecule has 2 aromatic heterocycles. The number of aromatic nitrogens is 3. The molecule has 0 aliphatic carbocycles. The van der Waals surface area contributed by atoms with Gasteiger partial charge in [0.2, 0.25) is 0 Å². The second-order valence-electron chi connectivity index (χ2n) is 4.50. The van der Waals surface area contributed by atoms with Gasteiger partial charge in [-0.2, -0.15) is 0 Å². The number of hydrogen-bond acceptors (Lipinski definition) is 5. The number of nitrogens with two attached hydrogens (primary N) is 1. The van der Waals surface area contributed by atoms with Gasteiger partial charge in [-0.05, 0) is 12.8 Å². The molecule has 0 amide bonds. The molecule has 0 unspecified atom stereocenters. The second kappa shape index (κ2) is 8.06. The Balaban J connectivity index is 0.000000239. The topological polar surface area (TPSA) is 185 Å². The van der Waals surface area contributed by atoms with Crippen LogP contribution in [0.5, 0.6) is 0 Å². The highest BCUT2D eigenvalue weighted by atomic mass is 31.2. The number of nitrogens with one attached hydrogen (secondary N) is 3. The zero-order valence-electron chi connectivity index (χ0n) is 11.7. The first kappa shape index (κ1) is 18.3. The van der Waals surface area contributed by atoms with E-state index in [4.69, 9.17) is 20.6 Å². The zero-order valence-corrected chi connectivity index (χ0v) is 12.6. The normalized spacial score (nSPS) is 11.3. The molecule has 2 aromatic rings. The summed E-state index contributed by atoms with van der Waals surface area (Å²) in [6, 6.07) is 0. The average Bonchev–Trinajstić information content (AvgIpc) is 2.81. The Hall–Kier alpha value is -1.71. The molecule has 0 aromatic carbocycles. The van der Waals surface area contributed by atoms with Crippen LogP contribution in [0.1, 0.15) is 18.4 Å². The first-order chi connectivity index (χ1) is 10.3. The highest BCUT2D eigenvalue weighted by Crippen LogP contribution is 2.35. The van der Waals surface area contributed by atoms with Crippen molar-refractivity contribution in [3.63, 3.8) is 0 Å². The standard InChI is InChI=1S/C7H8N4O2.C4H11O4P/c8-1-3-2-9-5-4(3)10-7(13)11-6(5)12;5-3-1-2-4-9(6,7)8/h2,9H,1,8H2,(H2,10,11,12,13);5H,1-4H2,(H2,6,7,8). The highest BCUT2D eigenvalue weighted by Gasteiger charge is 2.10. The van der Waals surface area contributed by atoms with Crippen LogP contribution >= 0.6 is 7.60 Å². The first-order valence-corrected chi connectivity index (χ1v) is 8.26. The van der Waals surface area contributed by atoms with Crippen molar-refractivity contribution < 1.29 is 19.5 Å². The number of fused-ring (bicyclic) bond motifs is 1. The maximum atomic E-state index is 11.2. The molecule has 22 heavy (non-hydrogen) atoms. The molecule has 0 aliphatic heterocycles. The quantitative estimate of drug-likeness (QED) is 0.268. The molecule has 0 atom stereocenters. The predicted octanol–water partition coefficient (Wildman–Crippen LogP) is -1.06. The summed E-state index contributed by atoms with van der Waals surface area (Å²) >= 11 is 0. The van der Waals surface area contributed by atoms with Gasteiger partial charge in [0.25, 0.3) is 5.56 Å². The monoisotopic (exact) mass is 334 g/mol. The summed E-state index contributed by atoms with van der Waals surface area (Å²) in [4.78, 5) is 46.0. The molecular formula is C11H19N4O6P. The van der Waals surface area contributed by atoms with E-state index in [1.807, 2.05) is 0 Å². The van der Waals surface area contributed by atoms with Gasteiger partial charge >= 0.3 is 13.3 Å². The van der Waals surface area contributed by atoms with E-state index in [0.717, 1.165) is 5.56 Å². The molecule has 0 fully saturated rings. The number of unbranched alkanes of at least 4 members (excludes halogenated alkanes) is 1. The van der Waals surface area contributed by atoms with E-state index < -0.39 is 18.8 Å². The Morgan fingerprint density at radius 1 is 1.14 bits per heavy atom. The average molecular weight is 334 g/mol. The van der Waals surface area contributed by atoms with E-state index in [9.17, 15) is 14.2 Å². The first-order valence-electron chi connectivity index (χ1n) is 6.46. The molecule has 0 bridgehead atoms. The van der Waals surface area contributed by atoms with Crippen molar-refractivity contribution in [3.8, 4) is 0 Å². The van der Waals surface area contributed by atoms with Crippen LogP contribution in [-0.4, -0.2) is 42.6 Å². The summed E-state index contributed by atoms with van der Waals surface area (Å²) in [5.41, 5.74) is 6.00. The molecule has 124 valence electrons. The maximum Gasteiger partial charge on any atom is 0.326 e. The Morgan fingerprint density at radius 2 is 1.82 bits per heavy atom. The van der Waals surface area contributed by atoms with E-state index >= 15 is 0 Å². The molecule has 0 radical (unpaired) electrons. The fourth-order valence-corrected chi connectivity index (χ4v) is 2.32. The van der Waals surface area contributed by atoms with Crippen LogP contribution in [0.15, 0.2) is 15.8 Å². The molecule has 0 saturated carbocycles. The molecule has 0 saturated heterocycles. The molecular weight excluding hydrogens is 315 g/mol. The molecule has 2 heterocycles. The van der Waals surface area contributed by atoms with Gasteiger partial charge in [0, 0.05) is 31.1 Å². The van der Waals surface area contributed by atoms with Crippen molar-refractivity contribution in [3.05, 3.63) is 32.6 Å². The SMILES string of the molecule is NCc1c[nH]c2c(=O)[nH]c(=O)[nH]c12.O=P(O)(O)CCCCO. The molecule has 8 N–H and O–H groups in total. The summed E-state index contributed by atoms with van der Waals surface area (Å²) in [5.74, 6) is 0. The fraction of sp³-hybridized carbons (Fsp3) is 0.455. The van der Waals surface area contributed by atoms with Gasteiger partial charge < -0.3 is 30.6 Å². The Kier molecular flexibility index (Phi) is 6.72. The summed E-state index contributed by atoms with van der Waals surface area (Å²) in [6.45, 7) is 0.277. The van der Waals surface area contributed by atoms with Crippen molar-refractivity contribution >= 4 is 18.6 Å². The second-order valence-corrected chi connectivity index (χ2v) is 6.27. The van der Waals surface area contributed by atoms with E-state index in [2.05, 4.69) is 15.0 Å². The van der Waals surface area contributed by atoms with Crippen molar-refractivity contribution in [2.75, 3.05) is 12.8 Å². The van der Waals surface area contributed by atoms with Gasteiger partial charge in [-0.3, -0.25) is 14.3 Å². The van der Waals surface area contributed by atoms with Crippen molar-refractivity contribution in [1.29, 1.82) is 0 Å². The van der Waals surface area contributed by atoms with Crippen LogP contribution in [0.3, 0.4) is 0 Å². The predicted molar refractivity (Wildman–Crippen MR) is 80.7 cm³/mol. The minimum Gasteiger partial charge on any atom is -0.396 e. The number of rotatable bonds is 5. The van der Waals surface area contributed by atoms with E-state index in [1.165, 1.54) is 0 Å². The highest BCUT2D eigenvalue weighted by molar-refractivity contribution is 7.51. The summed E-state index contributed by atoms with van der Waals surface area (Å²) in [5, 5.41) is 8.21. The van der Waals surface area contributed by atoms with Crippen molar-refractivity contribution in [2.24, 2.45) is 5.73 Å². The number of aliphatic hydroxyl groups is 1. The fourth-order valence-electron chi connectivity index (χ4n) is 1.69. The van der Waals surface area contributed by atoms with Gasteiger partial charge in [-0.15, -0.1) is 0 Å². The van der Waals surface area contributed by atoms with Crippen LogP contribution < -0.4 is 17.0 Å². The van der Waals surface area contributed by atoms with Crippen LogP contribution in [0, 0.1) is 0 Å². The van der Waals surface area contributed by atoms with Crippen LogP contribution in [-0.2, 0) is 11.1 Å². The molecule has 11 heteroatoms. The Bertz CT molecular complexity index is 758. The molecule has 0 spiro atoms. The van der Waals surface area contributed by atoms with E-state index in [1.54, 1.807) is 6.20 Å². The number of aromatic amines is 3. The van der Waals surface area contributed by atoms with Crippen molar-refractivity contribution in [2.45, 2.75) is 19.4 Å². The van der Waals surface area contributed by atoms with Gasteiger partial charge in [-0.25, -0.2) is 4.79 Å². The van der Waals surface area contributed by atoms with Crippen LogP contribution in [0.4, 0.5) is 0 Å². The van der Waals surface area contributed by atoms with E-state index in [-0.39, 0.29) is 19.3 Å². The Morgan fingerprint density at radius 3 is 2.36 bits per heavy atom. The van der Waals surface area contributed by atoms with E-state index in [0.29, 0.717) is 23.9 Å². The van der Waals surface area contributed by atoms with Gasteiger partial charge in [-0.1, -0.05) is 0 Å². The number of hydrogen-bond donors (Lipinski definition) is 7. The summed E-state index contributed by atoms with van der Waals surface area (Å²) < 4.78 is 10.1. The summed E-state index contributed by atoms with van der Waals surface area (Å²) in [6.07, 6.45) is 2.34. The molecule has 10 nitrogen and oxygen atoms in total. The summed E-state index contributed by atoms with van der Waals surface area (Å²) in [7, 11) is -3.81. The lowest BCUT2D eigenvalue weighted by Crippen LogP contribution is -2.21. The van der Waals surface area contributed by atoms with Gasteiger partial charge in [0.05, 0.1) is 5.52 Å². The van der Waals surface area contributed by atoms with Crippen molar-refractivity contribution in [1.82, 2.24) is 15.0 Å². The van der Waals surface area contributed by atoms with Crippen LogP contribution in [0.25, 0.3) is 11.0 Å². The van der Waals surface area contributed by atoms with Gasteiger partial charge in [0.1, 0.15) is 5.52 Å². The minimum absolute atomic E-state index is 0. The lowest BCUT2D eigenvalue weighted by Gasteiger charge is -2.00. The number of aliphatic hydroxyl groups excluding tert-OH is 1. The number of H-pyrrole nitrogens is 3. The smallest absolute Gasteiger partial charge is 0.326 e. The third kappa shape index (κ3) is 5.58. The van der Waals surface area contributed by atoms with Gasteiger partial charge in [0.15, 0.2) is 0 Å². The zero-order chi connectivity index (χ0) is 16.8. The third-order valence-corrected chi connectivity index (χ3v) is 3.63. The van der Waals surface area contributed by atoms with Crippen LogP contribution in [0.2, 0.25) is 0 Å². The minimum atomic E-state index is -3.81. The Labute approximate surface area is 124 Å². The molecule has 0 aliphatic rings. The largest absolute Gasteiger partial charge is 0.396 e. The lowest BCUT2D eigenvalue weighted by molar-refractivity contribution is 0.285. The third-order valence-electron chi connectivity index (χ3n) is 2.73. The lowest BCUT2D eigenvalue weighted by atomic mass is 10.3.